The predicted molar refractivity (Wildman–Crippen MR) is 70.5 cm³/mol. The Kier molecular flexibility index (Phi) is 3.46. The smallest absolute Gasteiger partial charge is 0.123 e. The number of fused-ring (bicyclic) bond motifs is 1. The van der Waals surface area contributed by atoms with Gasteiger partial charge in [-0.05, 0) is 18.6 Å². The molecule has 0 aliphatic heterocycles. The molecule has 1 N–H and O–H groups in total. The first-order valence-corrected chi connectivity index (χ1v) is 5.86. The summed E-state index contributed by atoms with van der Waals surface area (Å²) in [6, 6.07) is 8.25. The molecule has 0 radical (unpaired) electrons. The maximum atomic E-state index is 5.42. The zero-order chi connectivity index (χ0) is 12.3. The summed E-state index contributed by atoms with van der Waals surface area (Å²) in [5.41, 5.74) is 2.18. The summed E-state index contributed by atoms with van der Waals surface area (Å²) in [7, 11) is 2.03. The summed E-state index contributed by atoms with van der Waals surface area (Å²) in [6.45, 7) is 2.78. The number of aryl methyl sites for hydroxylation is 1. The summed E-state index contributed by atoms with van der Waals surface area (Å²) in [6.07, 6.45) is 6.35. The molecule has 0 aliphatic rings. The molecule has 3 nitrogen and oxygen atoms in total. The van der Waals surface area contributed by atoms with Gasteiger partial charge in [0.1, 0.15) is 5.82 Å². The molecule has 3 heteroatoms. The van der Waals surface area contributed by atoms with Gasteiger partial charge in [0.2, 0.25) is 0 Å². The van der Waals surface area contributed by atoms with Crippen molar-refractivity contribution in [3.63, 3.8) is 0 Å². The molecular formula is C14H17N3. The average molecular weight is 227 g/mol. The van der Waals surface area contributed by atoms with Crippen LogP contribution in [0.15, 0.2) is 24.3 Å². The van der Waals surface area contributed by atoms with Crippen LogP contribution in [-0.4, -0.2) is 15.6 Å². The van der Waals surface area contributed by atoms with Crippen molar-refractivity contribution in [2.24, 2.45) is 7.05 Å². The average Bonchev–Trinajstić information content (AvgIpc) is 2.68. The molecule has 17 heavy (non-hydrogen) atoms. The SMILES string of the molecule is C#CC(CC)NCc1nc2ccccc2n1C. The van der Waals surface area contributed by atoms with Crippen LogP contribution in [0.1, 0.15) is 19.2 Å². The van der Waals surface area contributed by atoms with Gasteiger partial charge >= 0.3 is 0 Å². The Morgan fingerprint density at radius 3 is 2.88 bits per heavy atom. The first kappa shape index (κ1) is 11.7. The second kappa shape index (κ2) is 5.03. The van der Waals surface area contributed by atoms with E-state index in [9.17, 15) is 0 Å². The van der Waals surface area contributed by atoms with E-state index < -0.39 is 0 Å². The van der Waals surface area contributed by atoms with Gasteiger partial charge in [-0.1, -0.05) is 25.0 Å². The lowest BCUT2D eigenvalue weighted by Gasteiger charge is -2.10. The number of aromatic nitrogens is 2. The molecule has 2 rings (SSSR count). The molecule has 0 bridgehead atoms. The predicted octanol–water partition coefficient (Wildman–Crippen LogP) is 2.07. The van der Waals surface area contributed by atoms with Gasteiger partial charge in [-0.25, -0.2) is 4.98 Å². The van der Waals surface area contributed by atoms with E-state index in [2.05, 4.69) is 33.8 Å². The molecule has 1 heterocycles. The largest absolute Gasteiger partial charge is 0.330 e. The van der Waals surface area contributed by atoms with E-state index in [1.165, 1.54) is 0 Å². The van der Waals surface area contributed by atoms with Crippen LogP contribution in [0.2, 0.25) is 0 Å². The fraction of sp³-hybridized carbons (Fsp3) is 0.357. The number of hydrogen-bond donors (Lipinski definition) is 1. The van der Waals surface area contributed by atoms with Crippen LogP contribution in [0.25, 0.3) is 11.0 Å². The van der Waals surface area contributed by atoms with E-state index in [1.54, 1.807) is 0 Å². The Hall–Kier alpha value is -1.79. The number of hydrogen-bond acceptors (Lipinski definition) is 2. The lowest BCUT2D eigenvalue weighted by Crippen LogP contribution is -2.27. The van der Waals surface area contributed by atoms with Crippen molar-refractivity contribution < 1.29 is 0 Å². The highest BCUT2D eigenvalue weighted by Crippen LogP contribution is 2.14. The number of nitrogens with zero attached hydrogens (tertiary/aromatic N) is 2. The summed E-state index contributed by atoms with van der Waals surface area (Å²) < 4.78 is 2.10. The maximum absolute atomic E-state index is 5.42. The number of nitrogens with one attached hydrogen (secondary N) is 1. The van der Waals surface area contributed by atoms with Crippen molar-refractivity contribution in [3.8, 4) is 12.3 Å². The molecule has 0 saturated carbocycles. The van der Waals surface area contributed by atoms with Gasteiger partial charge in [0, 0.05) is 7.05 Å². The van der Waals surface area contributed by atoms with E-state index in [4.69, 9.17) is 6.42 Å². The highest BCUT2D eigenvalue weighted by Gasteiger charge is 2.08. The highest BCUT2D eigenvalue weighted by atomic mass is 15.1. The van der Waals surface area contributed by atoms with Crippen LogP contribution in [0, 0.1) is 12.3 Å². The van der Waals surface area contributed by atoms with Gasteiger partial charge in [-0.3, -0.25) is 5.32 Å². The first-order chi connectivity index (χ1) is 8.26. The number of para-hydroxylation sites is 2. The molecule has 2 aromatic rings. The van der Waals surface area contributed by atoms with Crippen molar-refractivity contribution in [1.29, 1.82) is 0 Å². The van der Waals surface area contributed by atoms with Crippen molar-refractivity contribution in [2.45, 2.75) is 25.9 Å². The van der Waals surface area contributed by atoms with E-state index in [0.717, 1.165) is 23.3 Å². The van der Waals surface area contributed by atoms with Crippen molar-refractivity contribution >= 4 is 11.0 Å². The molecule has 1 aromatic carbocycles. The number of imidazole rings is 1. The molecular weight excluding hydrogens is 210 g/mol. The molecule has 0 saturated heterocycles. The quantitative estimate of drug-likeness (QED) is 0.810. The van der Waals surface area contributed by atoms with E-state index in [-0.39, 0.29) is 6.04 Å². The summed E-state index contributed by atoms with van der Waals surface area (Å²) >= 11 is 0. The highest BCUT2D eigenvalue weighted by molar-refractivity contribution is 5.75. The molecule has 0 spiro atoms. The third-order valence-corrected chi connectivity index (χ3v) is 3.00. The van der Waals surface area contributed by atoms with Crippen molar-refractivity contribution in [2.75, 3.05) is 0 Å². The summed E-state index contributed by atoms with van der Waals surface area (Å²) in [5.74, 6) is 3.74. The lowest BCUT2D eigenvalue weighted by molar-refractivity contribution is 0.568. The van der Waals surface area contributed by atoms with Crippen LogP contribution in [0.3, 0.4) is 0 Å². The van der Waals surface area contributed by atoms with Crippen molar-refractivity contribution in [1.82, 2.24) is 14.9 Å². The van der Waals surface area contributed by atoms with Gasteiger partial charge in [0.15, 0.2) is 0 Å². The van der Waals surface area contributed by atoms with Crippen LogP contribution in [-0.2, 0) is 13.6 Å². The number of benzene rings is 1. The molecule has 0 fully saturated rings. The summed E-state index contributed by atoms with van der Waals surface area (Å²) in [5, 5.41) is 3.32. The topological polar surface area (TPSA) is 29.9 Å². The van der Waals surface area contributed by atoms with Crippen LogP contribution >= 0.6 is 0 Å². The zero-order valence-corrected chi connectivity index (χ0v) is 10.3. The molecule has 1 aromatic heterocycles. The standard InChI is InChI=1S/C14H17N3/c1-4-11(5-2)15-10-14-16-12-8-6-7-9-13(12)17(14)3/h1,6-9,11,15H,5,10H2,2-3H3. The first-order valence-electron chi connectivity index (χ1n) is 5.86. The van der Waals surface area contributed by atoms with Gasteiger partial charge < -0.3 is 4.57 Å². The molecule has 0 amide bonds. The Labute approximate surface area is 102 Å². The molecule has 1 unspecified atom stereocenters. The molecule has 0 aliphatic carbocycles. The second-order valence-corrected chi connectivity index (χ2v) is 4.08. The molecule has 1 atom stereocenters. The lowest BCUT2D eigenvalue weighted by atomic mass is 10.2. The molecule has 88 valence electrons. The minimum absolute atomic E-state index is 0.120. The normalized spacial score (nSPS) is 12.5. The maximum Gasteiger partial charge on any atom is 0.123 e. The van der Waals surface area contributed by atoms with E-state index >= 15 is 0 Å². The van der Waals surface area contributed by atoms with Gasteiger partial charge in [-0.2, -0.15) is 0 Å². The van der Waals surface area contributed by atoms with E-state index in [0.29, 0.717) is 6.54 Å². The van der Waals surface area contributed by atoms with Crippen molar-refractivity contribution in [3.05, 3.63) is 30.1 Å². The number of rotatable bonds is 4. The Bertz CT molecular complexity index is 548. The fourth-order valence-electron chi connectivity index (χ4n) is 1.89. The van der Waals surface area contributed by atoms with Gasteiger partial charge in [-0.15, -0.1) is 6.42 Å². The van der Waals surface area contributed by atoms with Gasteiger partial charge in [0.05, 0.1) is 23.6 Å². The Morgan fingerprint density at radius 1 is 1.47 bits per heavy atom. The van der Waals surface area contributed by atoms with Crippen LogP contribution in [0.5, 0.6) is 0 Å². The van der Waals surface area contributed by atoms with E-state index in [1.807, 2.05) is 25.2 Å². The fourth-order valence-corrected chi connectivity index (χ4v) is 1.89. The van der Waals surface area contributed by atoms with Crippen LogP contribution in [0.4, 0.5) is 0 Å². The van der Waals surface area contributed by atoms with Crippen LogP contribution < -0.4 is 5.32 Å². The second-order valence-electron chi connectivity index (χ2n) is 4.08. The Morgan fingerprint density at radius 2 is 2.24 bits per heavy atom. The summed E-state index contributed by atoms with van der Waals surface area (Å²) in [4.78, 5) is 4.58. The minimum atomic E-state index is 0.120. The number of terminal acetylenes is 1. The minimum Gasteiger partial charge on any atom is -0.330 e. The third-order valence-electron chi connectivity index (χ3n) is 3.00. The zero-order valence-electron chi connectivity index (χ0n) is 10.3. The monoisotopic (exact) mass is 227 g/mol. The third kappa shape index (κ3) is 2.32. The van der Waals surface area contributed by atoms with Gasteiger partial charge in [0.25, 0.3) is 0 Å². The Balaban J connectivity index is 2.19.